The molecule has 0 bridgehead atoms. The molecule has 0 saturated heterocycles. The molecule has 0 saturated carbocycles. The van der Waals surface area contributed by atoms with Gasteiger partial charge in [-0.05, 0) is 42.4 Å². The highest BCUT2D eigenvalue weighted by Gasteiger charge is 2.18. The van der Waals surface area contributed by atoms with E-state index in [0.717, 1.165) is 23.6 Å². The lowest BCUT2D eigenvalue weighted by Crippen LogP contribution is -2.21. The summed E-state index contributed by atoms with van der Waals surface area (Å²) >= 11 is 5.88. The van der Waals surface area contributed by atoms with Crippen molar-refractivity contribution in [3.05, 3.63) is 71.4 Å². The molecule has 1 unspecified atom stereocenters. The Morgan fingerprint density at radius 3 is 2.71 bits per heavy atom. The Hall–Kier alpha value is -2.04. The largest absolute Gasteiger partial charge is 0.448 e. The van der Waals surface area contributed by atoms with E-state index >= 15 is 0 Å². The molecule has 0 amide bonds. The van der Waals surface area contributed by atoms with E-state index in [1.807, 2.05) is 53.5 Å². The monoisotopic (exact) mass is 301 g/mol. The predicted molar refractivity (Wildman–Crippen MR) is 82.8 cm³/mol. The molecule has 0 aliphatic heterocycles. The lowest BCUT2D eigenvalue weighted by Gasteiger charge is -2.13. The minimum absolute atomic E-state index is 0.0556. The smallest absolute Gasteiger partial charge is 0.193 e. The van der Waals surface area contributed by atoms with E-state index in [-0.39, 0.29) is 6.04 Å². The van der Waals surface area contributed by atoms with Gasteiger partial charge in [-0.2, -0.15) is 5.10 Å². The number of hydrogen-bond donors (Lipinski definition) is 1. The first-order valence-electron chi connectivity index (χ1n) is 6.86. The molecule has 1 atom stereocenters. The first-order valence-corrected chi connectivity index (χ1v) is 7.24. The number of para-hydroxylation sites is 1. The van der Waals surface area contributed by atoms with Gasteiger partial charge in [-0.1, -0.05) is 25.1 Å². The topological polar surface area (TPSA) is 43.0 Å². The van der Waals surface area contributed by atoms with E-state index in [0.29, 0.717) is 5.22 Å². The maximum absolute atomic E-state index is 5.88. The summed E-state index contributed by atoms with van der Waals surface area (Å²) in [4.78, 5) is 0. The van der Waals surface area contributed by atoms with E-state index in [1.54, 1.807) is 6.07 Å². The van der Waals surface area contributed by atoms with Gasteiger partial charge in [0.15, 0.2) is 5.22 Å². The van der Waals surface area contributed by atoms with Gasteiger partial charge in [0.25, 0.3) is 0 Å². The third-order valence-corrected chi connectivity index (χ3v) is 3.45. The van der Waals surface area contributed by atoms with Crippen molar-refractivity contribution in [3.8, 4) is 5.69 Å². The molecule has 0 aliphatic carbocycles. The summed E-state index contributed by atoms with van der Waals surface area (Å²) in [5.41, 5.74) is 2.06. The second-order valence-corrected chi connectivity index (χ2v) is 5.06. The second kappa shape index (κ2) is 6.16. The van der Waals surface area contributed by atoms with Crippen LogP contribution in [-0.2, 0) is 0 Å². The zero-order valence-electron chi connectivity index (χ0n) is 11.7. The Kier molecular flexibility index (Phi) is 4.08. The number of aromatic nitrogens is 2. The van der Waals surface area contributed by atoms with Crippen molar-refractivity contribution in [1.29, 1.82) is 0 Å². The number of nitrogens with zero attached hydrogens (tertiary/aromatic N) is 2. The fraction of sp³-hybridized carbons (Fsp3) is 0.188. The fourth-order valence-corrected chi connectivity index (χ4v) is 2.43. The lowest BCUT2D eigenvalue weighted by atomic mass is 10.1. The van der Waals surface area contributed by atoms with Gasteiger partial charge >= 0.3 is 0 Å². The third kappa shape index (κ3) is 3.01. The summed E-state index contributed by atoms with van der Waals surface area (Å²) in [6.45, 7) is 2.87. The Morgan fingerprint density at radius 2 is 2.05 bits per heavy atom. The van der Waals surface area contributed by atoms with Crippen LogP contribution in [-0.4, -0.2) is 16.3 Å². The molecule has 21 heavy (non-hydrogen) atoms. The molecule has 5 heteroatoms. The molecule has 0 aliphatic rings. The second-order valence-electron chi connectivity index (χ2n) is 4.69. The third-order valence-electron chi connectivity index (χ3n) is 3.24. The summed E-state index contributed by atoms with van der Waals surface area (Å²) in [6.07, 6.45) is 3.84. The molecule has 3 aromatic rings. The average molecular weight is 302 g/mol. The molecule has 108 valence electrons. The number of nitrogens with one attached hydrogen (secondary N) is 1. The van der Waals surface area contributed by atoms with Crippen LogP contribution in [0, 0.1) is 0 Å². The van der Waals surface area contributed by atoms with Crippen LogP contribution in [0.4, 0.5) is 0 Å². The summed E-state index contributed by atoms with van der Waals surface area (Å²) in [5, 5.41) is 8.20. The summed E-state index contributed by atoms with van der Waals surface area (Å²) in [6, 6.07) is 13.6. The summed E-state index contributed by atoms with van der Waals surface area (Å²) in [5.74, 6) is 0.787. The normalized spacial score (nSPS) is 12.5. The lowest BCUT2D eigenvalue weighted by molar-refractivity contribution is 0.453. The van der Waals surface area contributed by atoms with E-state index in [9.17, 15) is 0 Å². The van der Waals surface area contributed by atoms with Crippen molar-refractivity contribution in [1.82, 2.24) is 15.1 Å². The maximum Gasteiger partial charge on any atom is 0.193 e. The highest BCUT2D eigenvalue weighted by atomic mass is 35.5. The molecule has 3 rings (SSSR count). The van der Waals surface area contributed by atoms with Crippen LogP contribution in [0.5, 0.6) is 0 Å². The Bertz CT molecular complexity index is 705. The molecule has 2 aromatic heterocycles. The minimum atomic E-state index is -0.0556. The Labute approximate surface area is 128 Å². The van der Waals surface area contributed by atoms with Crippen LogP contribution in [0.1, 0.15) is 24.3 Å². The SMILES string of the molecule is CCNC(c1cnn(-c2ccccc2)c1)c1ccc(Cl)o1. The van der Waals surface area contributed by atoms with Crippen LogP contribution in [0.3, 0.4) is 0 Å². The van der Waals surface area contributed by atoms with Gasteiger partial charge in [0.05, 0.1) is 17.9 Å². The molecule has 0 spiro atoms. The van der Waals surface area contributed by atoms with Crippen LogP contribution in [0.15, 0.2) is 59.3 Å². The molecule has 1 aromatic carbocycles. The Balaban J connectivity index is 1.92. The van der Waals surface area contributed by atoms with Gasteiger partial charge in [-0.25, -0.2) is 4.68 Å². The standard InChI is InChI=1S/C16H16ClN3O/c1-2-18-16(14-8-9-15(17)21-14)12-10-19-20(11-12)13-6-4-3-5-7-13/h3-11,16,18H,2H2,1H3. The number of furan rings is 1. The zero-order chi connectivity index (χ0) is 14.7. The number of benzene rings is 1. The highest BCUT2D eigenvalue weighted by molar-refractivity contribution is 6.28. The average Bonchev–Trinajstić information content (AvgIpc) is 3.15. The van der Waals surface area contributed by atoms with Crippen LogP contribution in [0.25, 0.3) is 5.69 Å². The molecule has 0 fully saturated rings. The zero-order valence-corrected chi connectivity index (χ0v) is 12.4. The molecular formula is C16H16ClN3O. The van der Waals surface area contributed by atoms with Crippen molar-refractivity contribution in [3.63, 3.8) is 0 Å². The maximum atomic E-state index is 5.88. The predicted octanol–water partition coefficient (Wildman–Crippen LogP) is 3.82. The van der Waals surface area contributed by atoms with Gasteiger partial charge in [0.2, 0.25) is 0 Å². The van der Waals surface area contributed by atoms with E-state index in [1.165, 1.54) is 0 Å². The van der Waals surface area contributed by atoms with Gasteiger partial charge < -0.3 is 9.73 Å². The first kappa shape index (κ1) is 13.9. The van der Waals surface area contributed by atoms with Crippen LogP contribution < -0.4 is 5.32 Å². The van der Waals surface area contributed by atoms with Gasteiger partial charge in [0.1, 0.15) is 5.76 Å². The van der Waals surface area contributed by atoms with E-state index in [2.05, 4.69) is 17.3 Å². The summed E-state index contributed by atoms with van der Waals surface area (Å²) < 4.78 is 7.38. The number of rotatable bonds is 5. The summed E-state index contributed by atoms with van der Waals surface area (Å²) in [7, 11) is 0. The highest BCUT2D eigenvalue weighted by Crippen LogP contribution is 2.26. The molecule has 4 nitrogen and oxygen atoms in total. The van der Waals surface area contributed by atoms with Crippen molar-refractivity contribution in [2.24, 2.45) is 0 Å². The fourth-order valence-electron chi connectivity index (χ4n) is 2.28. The van der Waals surface area contributed by atoms with Crippen molar-refractivity contribution in [2.75, 3.05) is 6.54 Å². The quantitative estimate of drug-likeness (QED) is 0.779. The van der Waals surface area contributed by atoms with Crippen molar-refractivity contribution < 1.29 is 4.42 Å². The Morgan fingerprint density at radius 1 is 1.24 bits per heavy atom. The molecule has 2 heterocycles. The number of halogens is 1. The molecule has 1 N–H and O–H groups in total. The van der Waals surface area contributed by atoms with Crippen molar-refractivity contribution >= 4 is 11.6 Å². The van der Waals surface area contributed by atoms with Crippen LogP contribution >= 0.6 is 11.6 Å². The van der Waals surface area contributed by atoms with Crippen LogP contribution in [0.2, 0.25) is 5.22 Å². The van der Waals surface area contributed by atoms with E-state index in [4.69, 9.17) is 16.0 Å². The molecular weight excluding hydrogens is 286 g/mol. The van der Waals surface area contributed by atoms with Gasteiger partial charge in [0, 0.05) is 11.8 Å². The van der Waals surface area contributed by atoms with Gasteiger partial charge in [-0.3, -0.25) is 0 Å². The van der Waals surface area contributed by atoms with Crippen molar-refractivity contribution in [2.45, 2.75) is 13.0 Å². The van der Waals surface area contributed by atoms with E-state index < -0.39 is 0 Å². The minimum Gasteiger partial charge on any atom is -0.448 e. The number of hydrogen-bond acceptors (Lipinski definition) is 3. The first-order chi connectivity index (χ1) is 10.3. The molecule has 0 radical (unpaired) electrons. The van der Waals surface area contributed by atoms with Gasteiger partial charge in [-0.15, -0.1) is 0 Å².